The van der Waals surface area contributed by atoms with E-state index in [1.165, 1.54) is 11.8 Å². The van der Waals surface area contributed by atoms with Crippen LogP contribution in [0.2, 0.25) is 18.1 Å². The summed E-state index contributed by atoms with van der Waals surface area (Å²) in [5, 5.41) is -0.191. The van der Waals surface area contributed by atoms with Crippen molar-refractivity contribution in [2.75, 3.05) is 6.61 Å². The highest BCUT2D eigenvalue weighted by molar-refractivity contribution is 8.00. The summed E-state index contributed by atoms with van der Waals surface area (Å²) < 4.78 is 49.1. The molecule has 0 saturated carbocycles. The maximum Gasteiger partial charge on any atom is 0.338 e. The molecular weight excluding hydrogens is 767 g/mol. The van der Waals surface area contributed by atoms with Crippen LogP contribution in [0.4, 0.5) is 0 Å². The number of benzene rings is 3. The molecule has 3 aromatic rings. The van der Waals surface area contributed by atoms with Crippen molar-refractivity contribution in [1.29, 1.82) is 0 Å². The van der Waals surface area contributed by atoms with Crippen molar-refractivity contribution in [2.45, 2.75) is 118 Å². The van der Waals surface area contributed by atoms with Crippen molar-refractivity contribution in [3.63, 3.8) is 0 Å². The van der Waals surface area contributed by atoms with Gasteiger partial charge in [0.2, 0.25) is 0 Å². The number of thioether (sulfide) groups is 1. The van der Waals surface area contributed by atoms with E-state index >= 15 is 0 Å². The van der Waals surface area contributed by atoms with Crippen LogP contribution in [0.5, 0.6) is 0 Å². The van der Waals surface area contributed by atoms with Crippen LogP contribution in [-0.4, -0.2) is 83.3 Å². The van der Waals surface area contributed by atoms with Gasteiger partial charge in [0.1, 0.15) is 16.3 Å². The fourth-order valence-corrected chi connectivity index (χ4v) is 9.22. The zero-order valence-electron chi connectivity index (χ0n) is 33.5. The molecule has 1 fully saturated rings. The van der Waals surface area contributed by atoms with Gasteiger partial charge in [0.15, 0.2) is 26.6 Å². The SMILES string of the molecule is CC(C)(C)[S+]([O-])N[C@@H]1CC=CCC(CO[Si](C)(C)C(C)(C)C)S[C@H]2O[C@H]1[C@H](OC(=O)c1ccccc1)[C@H](OC(=O)c1ccccc1)[C@H]2OC(=O)c1ccccc1. The molecule has 56 heavy (non-hydrogen) atoms. The van der Waals surface area contributed by atoms with E-state index < -0.39 is 78.2 Å². The van der Waals surface area contributed by atoms with Gasteiger partial charge in [-0.3, -0.25) is 0 Å². The third kappa shape index (κ3) is 11.4. The van der Waals surface area contributed by atoms with E-state index in [1.54, 1.807) is 91.0 Å². The van der Waals surface area contributed by atoms with Crippen molar-refractivity contribution >= 4 is 49.3 Å². The molecule has 0 radical (unpaired) electrons. The van der Waals surface area contributed by atoms with Crippen molar-refractivity contribution < 1.29 is 42.3 Å². The van der Waals surface area contributed by atoms with Gasteiger partial charge < -0.3 is 27.9 Å². The minimum Gasteiger partial charge on any atom is -0.598 e. The topological polar surface area (TPSA) is 132 Å². The van der Waals surface area contributed by atoms with E-state index in [0.717, 1.165) is 0 Å². The summed E-state index contributed by atoms with van der Waals surface area (Å²) in [5.74, 6) is -2.06. The van der Waals surface area contributed by atoms with E-state index in [4.69, 9.17) is 23.4 Å². The average Bonchev–Trinajstić information content (AvgIpc) is 3.16. The first kappa shape index (κ1) is 43.7. The van der Waals surface area contributed by atoms with Crippen molar-refractivity contribution in [1.82, 2.24) is 4.72 Å². The lowest BCUT2D eigenvalue weighted by Gasteiger charge is -2.48. The Balaban J connectivity index is 1.64. The summed E-state index contributed by atoms with van der Waals surface area (Å²) >= 11 is -0.153. The predicted octanol–water partition coefficient (Wildman–Crippen LogP) is 8.28. The Morgan fingerprint density at radius 2 is 1.18 bits per heavy atom. The molecule has 8 atom stereocenters. The first-order chi connectivity index (χ1) is 26.4. The van der Waals surface area contributed by atoms with Crippen LogP contribution in [0.3, 0.4) is 0 Å². The van der Waals surface area contributed by atoms with Crippen LogP contribution in [-0.2, 0) is 34.7 Å². The number of carbonyl (C=O) groups is 3. The van der Waals surface area contributed by atoms with Gasteiger partial charge >= 0.3 is 17.9 Å². The number of ether oxygens (including phenoxy) is 4. The lowest BCUT2D eigenvalue weighted by molar-refractivity contribution is -0.205. The summed E-state index contributed by atoms with van der Waals surface area (Å²) in [4.78, 5) is 42.0. The van der Waals surface area contributed by atoms with E-state index in [0.29, 0.717) is 19.4 Å². The molecule has 10 nitrogen and oxygen atoms in total. The molecule has 2 heterocycles. The highest BCUT2D eigenvalue weighted by atomic mass is 32.2. The largest absolute Gasteiger partial charge is 0.598 e. The molecule has 3 aromatic carbocycles. The van der Waals surface area contributed by atoms with E-state index in [1.807, 2.05) is 26.8 Å². The van der Waals surface area contributed by atoms with Gasteiger partial charge in [-0.15, -0.1) is 16.5 Å². The molecule has 0 aliphatic carbocycles. The molecule has 0 aromatic heterocycles. The molecule has 302 valence electrons. The van der Waals surface area contributed by atoms with Crippen LogP contribution >= 0.6 is 11.8 Å². The Kier molecular flexibility index (Phi) is 14.7. The maximum atomic E-state index is 14.0. The summed E-state index contributed by atoms with van der Waals surface area (Å²) in [6, 6.07) is 24.8. The van der Waals surface area contributed by atoms with Gasteiger partial charge in [-0.2, -0.15) is 0 Å². The number of carbonyl (C=O) groups excluding carboxylic acids is 3. The second kappa shape index (κ2) is 18.9. The fourth-order valence-electron chi connectivity index (χ4n) is 5.89. The molecule has 1 N–H and O–H groups in total. The molecule has 0 amide bonds. The third-order valence-corrected chi connectivity index (χ3v) is 17.7. The molecule has 2 bridgehead atoms. The smallest absolute Gasteiger partial charge is 0.338 e. The molecule has 0 spiro atoms. The van der Waals surface area contributed by atoms with E-state index in [9.17, 15) is 18.9 Å². The van der Waals surface area contributed by atoms with Gasteiger partial charge in [0.05, 0.1) is 22.7 Å². The van der Waals surface area contributed by atoms with Crippen molar-refractivity contribution in [3.8, 4) is 0 Å². The number of nitrogens with one attached hydrogen (secondary N) is 1. The summed E-state index contributed by atoms with van der Waals surface area (Å²) in [6.45, 7) is 16.9. The van der Waals surface area contributed by atoms with Gasteiger partial charge in [0.25, 0.3) is 0 Å². The molecule has 2 unspecified atom stereocenters. The highest BCUT2D eigenvalue weighted by Crippen LogP contribution is 2.42. The summed E-state index contributed by atoms with van der Waals surface area (Å²) in [7, 11) is -2.18. The minimum absolute atomic E-state index is 0.0299. The van der Waals surface area contributed by atoms with Crippen LogP contribution < -0.4 is 4.72 Å². The summed E-state index contributed by atoms with van der Waals surface area (Å²) in [6.07, 6.45) is 0.0808. The van der Waals surface area contributed by atoms with Crippen LogP contribution in [0.25, 0.3) is 0 Å². The van der Waals surface area contributed by atoms with Crippen LogP contribution in [0.1, 0.15) is 85.5 Å². The fraction of sp³-hybridized carbons (Fsp3) is 0.465. The molecule has 5 rings (SSSR count). The molecule has 2 aliphatic rings. The first-order valence-electron chi connectivity index (χ1n) is 19.0. The van der Waals surface area contributed by atoms with E-state index in [-0.39, 0.29) is 27.0 Å². The Hall–Kier alpha value is -3.43. The van der Waals surface area contributed by atoms with Gasteiger partial charge in [-0.1, -0.05) is 87.5 Å². The number of allylic oxidation sites excluding steroid dienone is 1. The molecule has 13 heteroatoms. The molecular formula is C43H55NO9S2Si. The van der Waals surface area contributed by atoms with Crippen molar-refractivity contribution in [3.05, 3.63) is 120 Å². The quantitative estimate of drug-likeness (QED) is 0.0659. The number of fused-ring (bicyclic) bond motifs is 2. The molecule has 1 saturated heterocycles. The standard InChI is InChI=1S/C43H55NO9S2Si/c1-42(2,3)55(48)44-33-27-19-18-26-32(28-49-56(7,8)43(4,5)6)54-41-37(52-40(47)31-24-16-11-17-25-31)36(51-39(46)30-22-14-10-15-23-30)35(34(33)53-41)50-38(45)29-20-12-9-13-21-29/h9-25,32-37,41,44H,26-28H2,1-8H3/t32?,33-,34-,35+,36+,37-,41-,55?/m1/s1. The Labute approximate surface area is 339 Å². The Morgan fingerprint density at radius 3 is 1.64 bits per heavy atom. The second-order valence-corrected chi connectivity index (χ2v) is 24.8. The monoisotopic (exact) mass is 821 g/mol. The number of esters is 3. The number of hydrogen-bond donors (Lipinski definition) is 1. The zero-order chi connectivity index (χ0) is 40.7. The van der Waals surface area contributed by atoms with Gasteiger partial charge in [-0.05, 0) is 88.1 Å². The maximum absolute atomic E-state index is 14.0. The average molecular weight is 822 g/mol. The highest BCUT2D eigenvalue weighted by Gasteiger charge is 2.56. The lowest BCUT2D eigenvalue weighted by Crippen LogP contribution is -2.66. The van der Waals surface area contributed by atoms with Crippen LogP contribution in [0, 0.1) is 0 Å². The Bertz CT molecular complexity index is 1780. The Morgan fingerprint density at radius 1 is 0.732 bits per heavy atom. The normalized spacial score (nSPS) is 25.1. The lowest BCUT2D eigenvalue weighted by atomic mass is 9.92. The minimum atomic E-state index is -2.18. The summed E-state index contributed by atoms with van der Waals surface area (Å²) in [5.41, 5.74) is -0.124. The zero-order valence-corrected chi connectivity index (χ0v) is 36.1. The third-order valence-electron chi connectivity index (χ3n) is 10.2. The molecule has 2 aliphatic heterocycles. The van der Waals surface area contributed by atoms with E-state index in [2.05, 4.69) is 44.7 Å². The van der Waals surface area contributed by atoms with Crippen molar-refractivity contribution in [2.24, 2.45) is 0 Å². The van der Waals surface area contributed by atoms with Gasteiger partial charge in [-0.25, -0.2) is 14.4 Å². The second-order valence-electron chi connectivity index (χ2n) is 16.6. The number of hydrogen-bond acceptors (Lipinski definition) is 11. The van der Waals surface area contributed by atoms with Crippen LogP contribution in [0.15, 0.2) is 103 Å². The number of rotatable bonds is 11. The van der Waals surface area contributed by atoms with Gasteiger partial charge in [0, 0.05) is 23.2 Å². The first-order valence-corrected chi connectivity index (χ1v) is 24.0. The predicted molar refractivity (Wildman–Crippen MR) is 223 cm³/mol.